The van der Waals surface area contributed by atoms with Crippen molar-refractivity contribution in [3.8, 4) is 0 Å². The van der Waals surface area contributed by atoms with Crippen LogP contribution in [-0.4, -0.2) is 23.2 Å². The van der Waals surface area contributed by atoms with Gasteiger partial charge in [-0.05, 0) is 5.56 Å². The van der Waals surface area contributed by atoms with E-state index in [2.05, 4.69) is 5.32 Å². The number of hydrogen-bond acceptors (Lipinski definition) is 5. The first kappa shape index (κ1) is 18.4. The molecular formula is C18H17NO6-2. The molecule has 1 unspecified atom stereocenters. The summed E-state index contributed by atoms with van der Waals surface area (Å²) in [5.74, 6) is -4.44. The van der Waals surface area contributed by atoms with Gasteiger partial charge in [0.25, 0.3) is 0 Å². The van der Waals surface area contributed by atoms with Gasteiger partial charge in [-0.15, -0.1) is 0 Å². The predicted octanol–water partition coefficient (Wildman–Crippen LogP) is 0.330. The quantitative estimate of drug-likeness (QED) is 0.699. The van der Waals surface area contributed by atoms with Gasteiger partial charge in [-0.1, -0.05) is 66.2 Å². The molecule has 2 rings (SSSR count). The molecule has 0 radical (unpaired) electrons. The van der Waals surface area contributed by atoms with Gasteiger partial charge < -0.3 is 25.4 Å². The lowest BCUT2D eigenvalue weighted by Gasteiger charge is -2.54. The topological polar surface area (TPSA) is 122 Å². The van der Waals surface area contributed by atoms with E-state index >= 15 is 0 Å². The third-order valence-corrected chi connectivity index (χ3v) is 3.52. The Kier molecular flexibility index (Phi) is 6.10. The fourth-order valence-corrected chi connectivity index (χ4v) is 2.23. The van der Waals surface area contributed by atoms with Crippen LogP contribution in [0.4, 0.5) is 4.79 Å². The summed E-state index contributed by atoms with van der Waals surface area (Å²) in [7, 11) is 0. The first-order valence-electron chi connectivity index (χ1n) is 7.55. The molecule has 2 aromatic carbocycles. The number of carboxylic acid groups (broad SMARTS) is 1. The molecule has 2 N–H and O–H groups in total. The Balaban J connectivity index is 2.06. The molecule has 1 amide bonds. The number of alkyl carbamates (subject to hydrolysis) is 1. The largest absolute Gasteiger partial charge is 0.858 e. The van der Waals surface area contributed by atoms with Gasteiger partial charge in [0.2, 0.25) is 0 Å². The number of ether oxygens (including phenoxy) is 1. The Bertz CT molecular complexity index is 702. The van der Waals surface area contributed by atoms with Crippen molar-refractivity contribution in [3.63, 3.8) is 0 Å². The summed E-state index contributed by atoms with van der Waals surface area (Å²) in [4.78, 5) is 22.9. The first-order chi connectivity index (χ1) is 11.9. The van der Waals surface area contributed by atoms with Gasteiger partial charge in [-0.25, -0.2) is 4.79 Å². The number of carbonyl (C=O) groups excluding carboxylic acids is 1. The maximum Gasteiger partial charge on any atom is 0.407 e. The fraction of sp³-hybridized carbons (Fsp3) is 0.222. The van der Waals surface area contributed by atoms with Gasteiger partial charge in [0.15, 0.2) is 0 Å². The second-order valence-electron chi connectivity index (χ2n) is 5.39. The number of rotatable bonds is 7. The van der Waals surface area contributed by atoms with Crippen molar-refractivity contribution in [2.24, 2.45) is 0 Å². The lowest BCUT2D eigenvalue weighted by atomic mass is 9.95. The monoisotopic (exact) mass is 343 g/mol. The van der Waals surface area contributed by atoms with Gasteiger partial charge in [-0.2, -0.15) is 5.79 Å². The number of carbonyl (C=O) groups is 2. The zero-order chi connectivity index (χ0) is 18.3. The van der Waals surface area contributed by atoms with Gasteiger partial charge >= 0.3 is 12.1 Å². The number of carboxylic acids is 1. The molecule has 0 aromatic heterocycles. The summed E-state index contributed by atoms with van der Waals surface area (Å²) in [5.41, 5.74) is 0.551. The SMILES string of the molecule is O=C(O)CC(NC(=O)OCc1ccccc1)C([O-])([O-])c1ccccc1. The van der Waals surface area contributed by atoms with E-state index < -0.39 is 30.3 Å². The molecule has 0 aliphatic carbocycles. The summed E-state index contributed by atoms with van der Waals surface area (Å²) in [6, 6.07) is 14.3. The Morgan fingerprint density at radius 1 is 1.04 bits per heavy atom. The molecule has 132 valence electrons. The molecule has 0 bridgehead atoms. The molecule has 0 saturated carbocycles. The van der Waals surface area contributed by atoms with Crippen molar-refractivity contribution in [2.45, 2.75) is 24.9 Å². The maximum absolute atomic E-state index is 12.5. The molecule has 25 heavy (non-hydrogen) atoms. The minimum absolute atomic E-state index is 0.0669. The number of hydrogen-bond donors (Lipinski definition) is 2. The number of benzene rings is 2. The van der Waals surface area contributed by atoms with Crippen LogP contribution in [0.5, 0.6) is 0 Å². The molecule has 0 heterocycles. The van der Waals surface area contributed by atoms with Crippen molar-refractivity contribution in [1.82, 2.24) is 5.32 Å². The summed E-state index contributed by atoms with van der Waals surface area (Å²) in [6.07, 6.45) is -1.84. The second kappa shape index (κ2) is 8.27. The molecule has 0 aliphatic heterocycles. The smallest absolute Gasteiger partial charge is 0.407 e. The number of amides is 1. The van der Waals surface area contributed by atoms with E-state index in [9.17, 15) is 19.8 Å². The van der Waals surface area contributed by atoms with Crippen molar-refractivity contribution in [1.29, 1.82) is 0 Å². The van der Waals surface area contributed by atoms with Gasteiger partial charge in [0.1, 0.15) is 6.61 Å². The van der Waals surface area contributed by atoms with Gasteiger partial charge in [0, 0.05) is 6.04 Å². The minimum atomic E-state index is -3.06. The van der Waals surface area contributed by atoms with E-state index in [0.29, 0.717) is 5.56 Å². The molecule has 0 fully saturated rings. The zero-order valence-electron chi connectivity index (χ0n) is 13.3. The highest BCUT2D eigenvalue weighted by Gasteiger charge is 2.24. The van der Waals surface area contributed by atoms with Crippen molar-refractivity contribution in [3.05, 3.63) is 71.8 Å². The van der Waals surface area contributed by atoms with Crippen LogP contribution in [0, 0.1) is 0 Å². The Morgan fingerprint density at radius 2 is 1.60 bits per heavy atom. The standard InChI is InChI=1S/C18H17NO6/c20-16(21)11-15(18(23,24)14-9-5-2-6-10-14)19-17(22)25-12-13-7-3-1-4-8-13/h1-10,15H,11-12H2,(H,19,22)(H,20,21)/q-2. The molecule has 0 aliphatic rings. The van der Waals surface area contributed by atoms with Crippen LogP contribution >= 0.6 is 0 Å². The average molecular weight is 343 g/mol. The molecule has 7 nitrogen and oxygen atoms in total. The molecule has 2 aromatic rings. The minimum Gasteiger partial charge on any atom is -0.858 e. The normalized spacial score (nSPS) is 12.2. The van der Waals surface area contributed by atoms with Gasteiger partial charge in [-0.3, -0.25) is 4.79 Å². The Labute approximate surface area is 144 Å². The van der Waals surface area contributed by atoms with Crippen molar-refractivity contribution in [2.75, 3.05) is 0 Å². The van der Waals surface area contributed by atoms with E-state index in [4.69, 9.17) is 9.84 Å². The Hall–Kier alpha value is -2.90. The average Bonchev–Trinajstić information content (AvgIpc) is 2.60. The third-order valence-electron chi connectivity index (χ3n) is 3.52. The lowest BCUT2D eigenvalue weighted by molar-refractivity contribution is -0.740. The van der Waals surface area contributed by atoms with E-state index in [1.165, 1.54) is 24.3 Å². The van der Waals surface area contributed by atoms with Crippen LogP contribution in [-0.2, 0) is 21.9 Å². The zero-order valence-corrected chi connectivity index (χ0v) is 13.3. The predicted molar refractivity (Wildman–Crippen MR) is 83.9 cm³/mol. The highest BCUT2D eigenvalue weighted by molar-refractivity contribution is 5.71. The molecule has 0 spiro atoms. The third kappa shape index (κ3) is 5.30. The summed E-state index contributed by atoms with van der Waals surface area (Å²) in [6.45, 7) is -0.0669. The van der Waals surface area contributed by atoms with Crippen LogP contribution < -0.4 is 15.5 Å². The van der Waals surface area contributed by atoms with Crippen LogP contribution in [0.3, 0.4) is 0 Å². The maximum atomic E-state index is 12.5. The summed E-state index contributed by atoms with van der Waals surface area (Å²) < 4.78 is 4.95. The lowest BCUT2D eigenvalue weighted by Crippen LogP contribution is -2.66. The number of aliphatic carboxylic acids is 1. The summed E-state index contributed by atoms with van der Waals surface area (Å²) in [5, 5.41) is 36.0. The van der Waals surface area contributed by atoms with E-state index in [-0.39, 0.29) is 12.2 Å². The van der Waals surface area contributed by atoms with Crippen LogP contribution in [0.25, 0.3) is 0 Å². The first-order valence-corrected chi connectivity index (χ1v) is 7.55. The molecule has 0 saturated heterocycles. The molecular weight excluding hydrogens is 326 g/mol. The molecule has 7 heteroatoms. The van der Waals surface area contributed by atoms with Crippen LogP contribution in [0.2, 0.25) is 0 Å². The van der Waals surface area contributed by atoms with E-state index in [0.717, 1.165) is 0 Å². The number of nitrogens with one attached hydrogen (secondary N) is 1. The van der Waals surface area contributed by atoms with E-state index in [1.54, 1.807) is 36.4 Å². The second-order valence-corrected chi connectivity index (χ2v) is 5.39. The summed E-state index contributed by atoms with van der Waals surface area (Å²) >= 11 is 0. The van der Waals surface area contributed by atoms with E-state index in [1.807, 2.05) is 0 Å². The van der Waals surface area contributed by atoms with Crippen LogP contribution in [0.15, 0.2) is 60.7 Å². The van der Waals surface area contributed by atoms with Crippen molar-refractivity contribution < 1.29 is 29.6 Å². The highest BCUT2D eigenvalue weighted by Crippen LogP contribution is 2.18. The van der Waals surface area contributed by atoms with Crippen molar-refractivity contribution >= 4 is 12.1 Å². The van der Waals surface area contributed by atoms with Crippen LogP contribution in [0.1, 0.15) is 17.5 Å². The highest BCUT2D eigenvalue weighted by atomic mass is 16.6. The fourth-order valence-electron chi connectivity index (χ4n) is 2.23. The molecule has 1 atom stereocenters. The van der Waals surface area contributed by atoms with Gasteiger partial charge in [0.05, 0.1) is 6.42 Å². The Morgan fingerprint density at radius 3 is 2.16 bits per heavy atom.